The number of fused-ring (bicyclic) bond motifs is 1. The topological polar surface area (TPSA) is 71.8 Å². The van der Waals surface area contributed by atoms with Crippen LogP contribution < -0.4 is 10.7 Å². The largest absolute Gasteiger partial charge is 0.325 e. The van der Waals surface area contributed by atoms with Gasteiger partial charge < -0.3 is 10.7 Å². The molecule has 0 aliphatic carbocycles. The Hall–Kier alpha value is -3.65. The predicted octanol–water partition coefficient (Wildman–Crippen LogP) is 4.79. The first-order chi connectivity index (χ1) is 15.6. The standard InChI is InChI=1S/C24H20FN5OS/c1-15-6-5-9-19(14-15)26-23(31)21-20(16-10-12-18(25)13-11-16)29-30-22(27-28-24(30)32-21)17-7-3-2-4-8-17/h2-14,20-21,29H,1H3,(H,26,31). The van der Waals surface area contributed by atoms with Crippen LogP contribution in [0.15, 0.2) is 84.0 Å². The minimum absolute atomic E-state index is 0.169. The summed E-state index contributed by atoms with van der Waals surface area (Å²) in [4.78, 5) is 13.3. The minimum atomic E-state index is -0.540. The molecule has 1 aromatic heterocycles. The number of anilines is 1. The van der Waals surface area contributed by atoms with Crippen LogP contribution in [0.25, 0.3) is 11.4 Å². The van der Waals surface area contributed by atoms with Crippen LogP contribution in [-0.2, 0) is 4.79 Å². The van der Waals surface area contributed by atoms with Crippen LogP contribution in [0.1, 0.15) is 17.2 Å². The molecule has 1 aliphatic heterocycles. The molecule has 0 saturated carbocycles. The maximum absolute atomic E-state index is 13.6. The second kappa shape index (κ2) is 8.47. The van der Waals surface area contributed by atoms with Gasteiger partial charge in [-0.1, -0.05) is 66.4 Å². The third-order valence-corrected chi connectivity index (χ3v) is 6.46. The average Bonchev–Trinajstić information content (AvgIpc) is 3.22. The number of carbonyl (C=O) groups excluding carboxylic acids is 1. The van der Waals surface area contributed by atoms with Gasteiger partial charge in [-0.15, -0.1) is 10.2 Å². The van der Waals surface area contributed by atoms with Crippen molar-refractivity contribution in [2.24, 2.45) is 0 Å². The maximum atomic E-state index is 13.6. The smallest absolute Gasteiger partial charge is 0.240 e. The van der Waals surface area contributed by atoms with E-state index >= 15 is 0 Å². The number of carbonyl (C=O) groups is 1. The van der Waals surface area contributed by atoms with Crippen LogP contribution in [0.3, 0.4) is 0 Å². The van der Waals surface area contributed by atoms with Crippen LogP contribution in [0.4, 0.5) is 10.1 Å². The van der Waals surface area contributed by atoms with Crippen LogP contribution >= 0.6 is 11.8 Å². The van der Waals surface area contributed by atoms with Crippen molar-refractivity contribution < 1.29 is 9.18 Å². The number of nitrogens with zero attached hydrogens (tertiary/aromatic N) is 3. The van der Waals surface area contributed by atoms with Crippen molar-refractivity contribution in [3.63, 3.8) is 0 Å². The summed E-state index contributed by atoms with van der Waals surface area (Å²) in [5, 5.41) is 11.7. The molecule has 8 heteroatoms. The molecule has 4 aromatic rings. The number of hydrogen-bond donors (Lipinski definition) is 2. The lowest BCUT2D eigenvalue weighted by atomic mass is 10.0. The van der Waals surface area contributed by atoms with E-state index in [-0.39, 0.29) is 11.7 Å². The molecule has 1 aliphatic rings. The molecule has 5 rings (SSSR count). The highest BCUT2D eigenvalue weighted by Gasteiger charge is 2.38. The summed E-state index contributed by atoms with van der Waals surface area (Å²) in [7, 11) is 0. The Balaban J connectivity index is 1.51. The zero-order chi connectivity index (χ0) is 22.1. The lowest BCUT2D eigenvalue weighted by Gasteiger charge is -2.33. The van der Waals surface area contributed by atoms with Crippen molar-refractivity contribution in [1.82, 2.24) is 14.9 Å². The first kappa shape index (κ1) is 20.3. The Morgan fingerprint density at radius 2 is 1.81 bits per heavy atom. The van der Waals surface area contributed by atoms with Gasteiger partial charge in [0.05, 0.1) is 6.04 Å². The molecular formula is C24H20FN5OS. The molecule has 0 fully saturated rings. The summed E-state index contributed by atoms with van der Waals surface area (Å²) in [6.45, 7) is 1.97. The van der Waals surface area contributed by atoms with E-state index in [4.69, 9.17) is 0 Å². The second-order valence-electron chi connectivity index (χ2n) is 7.56. The molecule has 0 bridgehead atoms. The number of amides is 1. The van der Waals surface area contributed by atoms with Gasteiger partial charge in [-0.25, -0.2) is 9.07 Å². The van der Waals surface area contributed by atoms with Gasteiger partial charge in [0.25, 0.3) is 0 Å². The van der Waals surface area contributed by atoms with Crippen LogP contribution in [0.2, 0.25) is 0 Å². The van der Waals surface area contributed by atoms with E-state index in [1.54, 1.807) is 16.8 Å². The van der Waals surface area contributed by atoms with Crippen LogP contribution in [0.5, 0.6) is 0 Å². The fourth-order valence-electron chi connectivity index (χ4n) is 3.69. The third kappa shape index (κ3) is 3.97. The SMILES string of the molecule is Cc1cccc(NC(=O)C2Sc3nnc(-c4ccccc4)n3NC2c2ccc(F)cc2)c1. The predicted molar refractivity (Wildman–Crippen MR) is 123 cm³/mol. The maximum Gasteiger partial charge on any atom is 0.240 e. The number of nitrogens with one attached hydrogen (secondary N) is 2. The van der Waals surface area contributed by atoms with Gasteiger partial charge >= 0.3 is 0 Å². The fraction of sp³-hybridized carbons (Fsp3) is 0.125. The second-order valence-corrected chi connectivity index (χ2v) is 8.67. The first-order valence-corrected chi connectivity index (χ1v) is 11.0. The molecule has 0 spiro atoms. The van der Waals surface area contributed by atoms with Crippen LogP contribution in [-0.4, -0.2) is 26.0 Å². The van der Waals surface area contributed by atoms with E-state index < -0.39 is 11.3 Å². The van der Waals surface area contributed by atoms with Crippen molar-refractivity contribution in [2.75, 3.05) is 10.7 Å². The van der Waals surface area contributed by atoms with Gasteiger partial charge in [0, 0.05) is 11.3 Å². The third-order valence-electron chi connectivity index (χ3n) is 5.24. The molecular weight excluding hydrogens is 425 g/mol. The summed E-state index contributed by atoms with van der Waals surface area (Å²) >= 11 is 1.33. The Kier molecular flexibility index (Phi) is 5.36. The summed E-state index contributed by atoms with van der Waals surface area (Å²) in [6, 6.07) is 23.1. The fourth-order valence-corrected chi connectivity index (χ4v) is 4.77. The number of aryl methyl sites for hydroxylation is 1. The van der Waals surface area contributed by atoms with Gasteiger partial charge in [0.2, 0.25) is 11.1 Å². The number of thioether (sulfide) groups is 1. The Morgan fingerprint density at radius 3 is 2.56 bits per heavy atom. The molecule has 2 unspecified atom stereocenters. The number of rotatable bonds is 4. The molecule has 2 atom stereocenters. The molecule has 160 valence electrons. The van der Waals surface area contributed by atoms with Crippen molar-refractivity contribution >= 4 is 23.4 Å². The number of halogens is 1. The molecule has 3 aromatic carbocycles. The Bertz CT molecular complexity index is 1260. The van der Waals surface area contributed by atoms with Crippen molar-refractivity contribution in [1.29, 1.82) is 0 Å². The van der Waals surface area contributed by atoms with Gasteiger partial charge in [-0.05, 0) is 42.3 Å². The van der Waals surface area contributed by atoms with Crippen molar-refractivity contribution in [3.8, 4) is 11.4 Å². The molecule has 2 N–H and O–H groups in total. The minimum Gasteiger partial charge on any atom is -0.325 e. The number of aromatic nitrogens is 3. The number of benzene rings is 3. The Morgan fingerprint density at radius 1 is 1.03 bits per heavy atom. The molecule has 6 nitrogen and oxygen atoms in total. The van der Waals surface area contributed by atoms with Crippen molar-refractivity contribution in [3.05, 3.63) is 95.8 Å². The normalized spacial score (nSPS) is 17.3. The molecule has 0 saturated heterocycles. The molecule has 2 heterocycles. The van der Waals surface area contributed by atoms with E-state index in [1.807, 2.05) is 61.5 Å². The monoisotopic (exact) mass is 445 g/mol. The quantitative estimate of drug-likeness (QED) is 0.473. The highest BCUT2D eigenvalue weighted by Crippen LogP contribution is 2.39. The zero-order valence-corrected chi connectivity index (χ0v) is 18.0. The summed E-state index contributed by atoms with van der Waals surface area (Å²) < 4.78 is 15.4. The highest BCUT2D eigenvalue weighted by molar-refractivity contribution is 8.00. The highest BCUT2D eigenvalue weighted by atomic mass is 32.2. The van der Waals surface area contributed by atoms with E-state index in [0.29, 0.717) is 11.0 Å². The lowest BCUT2D eigenvalue weighted by Crippen LogP contribution is -2.41. The molecule has 1 amide bonds. The zero-order valence-electron chi connectivity index (χ0n) is 17.2. The summed E-state index contributed by atoms with van der Waals surface area (Å²) in [6.07, 6.45) is 0. The number of hydrogen-bond acceptors (Lipinski definition) is 5. The average molecular weight is 446 g/mol. The first-order valence-electron chi connectivity index (χ1n) is 10.2. The Labute approximate surface area is 188 Å². The lowest BCUT2D eigenvalue weighted by molar-refractivity contribution is -0.116. The van der Waals surface area contributed by atoms with Crippen molar-refractivity contribution in [2.45, 2.75) is 23.4 Å². The van der Waals surface area contributed by atoms with E-state index in [1.165, 1.54) is 23.9 Å². The van der Waals surface area contributed by atoms with Gasteiger partial charge in [-0.3, -0.25) is 4.79 Å². The van der Waals surface area contributed by atoms with Gasteiger partial charge in [0.1, 0.15) is 11.1 Å². The van der Waals surface area contributed by atoms with E-state index in [0.717, 1.165) is 22.4 Å². The molecule has 32 heavy (non-hydrogen) atoms. The summed E-state index contributed by atoms with van der Waals surface area (Å²) in [5.74, 6) is 0.156. The summed E-state index contributed by atoms with van der Waals surface area (Å²) in [5.41, 5.74) is 6.87. The van der Waals surface area contributed by atoms with E-state index in [9.17, 15) is 9.18 Å². The van der Waals surface area contributed by atoms with Gasteiger partial charge in [-0.2, -0.15) is 0 Å². The van der Waals surface area contributed by atoms with E-state index in [2.05, 4.69) is 20.9 Å². The van der Waals surface area contributed by atoms with Gasteiger partial charge in [0.15, 0.2) is 5.82 Å². The van der Waals surface area contributed by atoms with Crippen LogP contribution in [0, 0.1) is 12.7 Å². The molecule has 0 radical (unpaired) electrons.